The molecule has 1 heterocycles. The molecule has 0 spiro atoms. The van der Waals surface area contributed by atoms with Crippen LogP contribution in [0.15, 0.2) is 12.1 Å². The van der Waals surface area contributed by atoms with Gasteiger partial charge in [-0.15, -0.1) is 0 Å². The fourth-order valence-corrected chi connectivity index (χ4v) is 2.52. The van der Waals surface area contributed by atoms with E-state index in [1.54, 1.807) is 4.90 Å². The maximum absolute atomic E-state index is 13.9. The van der Waals surface area contributed by atoms with Gasteiger partial charge in [0.15, 0.2) is 0 Å². The van der Waals surface area contributed by atoms with E-state index in [9.17, 15) is 13.6 Å². The van der Waals surface area contributed by atoms with Gasteiger partial charge >= 0.3 is 0 Å². The van der Waals surface area contributed by atoms with E-state index in [2.05, 4.69) is 5.32 Å². The van der Waals surface area contributed by atoms with Crippen LogP contribution in [-0.2, 0) is 0 Å². The Balaban J connectivity index is 2.23. The van der Waals surface area contributed by atoms with Gasteiger partial charge in [-0.25, -0.2) is 8.78 Å². The zero-order valence-electron chi connectivity index (χ0n) is 11.9. The van der Waals surface area contributed by atoms with E-state index in [0.29, 0.717) is 13.1 Å². The van der Waals surface area contributed by atoms with Crippen LogP contribution in [0.3, 0.4) is 0 Å². The first kappa shape index (κ1) is 14.8. The number of rotatable bonds is 4. The third-order valence-electron chi connectivity index (χ3n) is 3.65. The van der Waals surface area contributed by atoms with Crippen LogP contribution >= 0.6 is 0 Å². The average Bonchev–Trinajstić information content (AvgIpc) is 2.83. The Morgan fingerprint density at radius 1 is 1.40 bits per heavy atom. The monoisotopic (exact) mass is 282 g/mol. The van der Waals surface area contributed by atoms with Gasteiger partial charge in [0, 0.05) is 24.7 Å². The van der Waals surface area contributed by atoms with Crippen LogP contribution in [0.25, 0.3) is 0 Å². The van der Waals surface area contributed by atoms with E-state index in [4.69, 9.17) is 0 Å². The van der Waals surface area contributed by atoms with E-state index in [1.807, 2.05) is 13.8 Å². The molecule has 1 fully saturated rings. The van der Waals surface area contributed by atoms with Crippen LogP contribution in [0.2, 0.25) is 0 Å². The molecule has 5 heteroatoms. The summed E-state index contributed by atoms with van der Waals surface area (Å²) in [5, 5.41) is 2.70. The zero-order valence-corrected chi connectivity index (χ0v) is 11.9. The van der Waals surface area contributed by atoms with Crippen molar-refractivity contribution in [2.75, 3.05) is 18.4 Å². The van der Waals surface area contributed by atoms with Crippen LogP contribution in [0.5, 0.6) is 0 Å². The third kappa shape index (κ3) is 2.92. The first-order chi connectivity index (χ1) is 9.54. The molecule has 1 aliphatic heterocycles. The maximum Gasteiger partial charge on any atom is 0.254 e. The number of benzene rings is 1. The molecular weight excluding hydrogens is 262 g/mol. The van der Waals surface area contributed by atoms with Crippen LogP contribution in [0, 0.1) is 11.6 Å². The van der Waals surface area contributed by atoms with E-state index in [0.717, 1.165) is 31.4 Å². The Hall–Kier alpha value is -1.65. The van der Waals surface area contributed by atoms with Gasteiger partial charge in [0.05, 0.1) is 0 Å². The fraction of sp³-hybridized carbons (Fsp3) is 0.533. The number of anilines is 1. The molecule has 110 valence electrons. The van der Waals surface area contributed by atoms with Crippen molar-refractivity contribution < 1.29 is 13.6 Å². The minimum Gasteiger partial charge on any atom is -0.380 e. The molecular formula is C15H20F2N2O. The second-order valence-electron chi connectivity index (χ2n) is 5.23. The Bertz CT molecular complexity index is 482. The molecule has 1 amide bonds. The Labute approximate surface area is 118 Å². The molecule has 0 aromatic heterocycles. The standard InChI is InChI=1S/C15H20F2N2O/c1-3-6-18-14-12(16)8-11(9-13(14)17)15(20)19-7-4-5-10(19)2/h8-10,18H,3-7H2,1-2H3. The van der Waals surface area contributed by atoms with Gasteiger partial charge in [-0.3, -0.25) is 4.79 Å². The van der Waals surface area contributed by atoms with Crippen molar-refractivity contribution in [3.05, 3.63) is 29.3 Å². The molecule has 1 N–H and O–H groups in total. The number of amides is 1. The van der Waals surface area contributed by atoms with Crippen LogP contribution in [-0.4, -0.2) is 29.9 Å². The molecule has 1 aliphatic rings. The number of nitrogens with one attached hydrogen (secondary N) is 1. The van der Waals surface area contributed by atoms with Crippen molar-refractivity contribution in [1.29, 1.82) is 0 Å². The van der Waals surface area contributed by atoms with Crippen LogP contribution in [0.1, 0.15) is 43.5 Å². The molecule has 0 saturated carbocycles. The number of nitrogens with zero attached hydrogens (tertiary/aromatic N) is 1. The highest BCUT2D eigenvalue weighted by molar-refractivity contribution is 5.95. The number of carbonyl (C=O) groups is 1. The highest BCUT2D eigenvalue weighted by Gasteiger charge is 2.27. The van der Waals surface area contributed by atoms with E-state index < -0.39 is 11.6 Å². The number of halogens is 2. The van der Waals surface area contributed by atoms with Crippen LogP contribution in [0.4, 0.5) is 14.5 Å². The number of hydrogen-bond donors (Lipinski definition) is 1. The molecule has 1 unspecified atom stereocenters. The lowest BCUT2D eigenvalue weighted by molar-refractivity contribution is 0.0746. The zero-order chi connectivity index (χ0) is 14.7. The Kier molecular flexibility index (Phi) is 4.57. The number of hydrogen-bond acceptors (Lipinski definition) is 2. The predicted molar refractivity (Wildman–Crippen MR) is 74.9 cm³/mol. The first-order valence-electron chi connectivity index (χ1n) is 7.08. The molecule has 2 rings (SSSR count). The van der Waals surface area contributed by atoms with Gasteiger partial charge in [0.25, 0.3) is 5.91 Å². The van der Waals surface area contributed by atoms with Gasteiger partial charge in [-0.05, 0) is 38.3 Å². The number of likely N-dealkylation sites (tertiary alicyclic amines) is 1. The van der Waals surface area contributed by atoms with Crippen molar-refractivity contribution in [2.45, 2.75) is 39.2 Å². The summed E-state index contributed by atoms with van der Waals surface area (Å²) in [6, 6.07) is 2.37. The summed E-state index contributed by atoms with van der Waals surface area (Å²) in [5.41, 5.74) is -0.0753. The van der Waals surface area contributed by atoms with Gasteiger partial charge in [-0.2, -0.15) is 0 Å². The highest BCUT2D eigenvalue weighted by atomic mass is 19.1. The van der Waals surface area contributed by atoms with Crippen molar-refractivity contribution >= 4 is 11.6 Å². The van der Waals surface area contributed by atoms with Gasteiger partial charge in [0.1, 0.15) is 17.3 Å². The normalized spacial score (nSPS) is 18.4. The van der Waals surface area contributed by atoms with Gasteiger partial charge in [0.2, 0.25) is 0 Å². The molecule has 1 saturated heterocycles. The average molecular weight is 282 g/mol. The van der Waals surface area contributed by atoms with Gasteiger partial charge in [-0.1, -0.05) is 6.92 Å². The van der Waals surface area contributed by atoms with E-state index in [-0.39, 0.29) is 23.2 Å². The fourth-order valence-electron chi connectivity index (χ4n) is 2.52. The summed E-state index contributed by atoms with van der Waals surface area (Å²) in [5.74, 6) is -1.72. The molecule has 0 bridgehead atoms. The molecule has 1 aromatic rings. The first-order valence-corrected chi connectivity index (χ1v) is 7.08. The lowest BCUT2D eigenvalue weighted by Crippen LogP contribution is -2.33. The molecule has 0 radical (unpaired) electrons. The minimum atomic E-state index is -0.714. The smallest absolute Gasteiger partial charge is 0.254 e. The quantitative estimate of drug-likeness (QED) is 0.918. The Morgan fingerprint density at radius 2 is 2.05 bits per heavy atom. The van der Waals surface area contributed by atoms with Crippen molar-refractivity contribution in [3.8, 4) is 0 Å². The number of carbonyl (C=O) groups excluding carboxylic acids is 1. The lowest BCUT2D eigenvalue weighted by atomic mass is 10.1. The molecule has 1 aromatic carbocycles. The summed E-state index contributed by atoms with van der Waals surface area (Å²) < 4.78 is 27.8. The lowest BCUT2D eigenvalue weighted by Gasteiger charge is -2.21. The summed E-state index contributed by atoms with van der Waals surface area (Å²) in [6.07, 6.45) is 2.64. The predicted octanol–water partition coefficient (Wildman–Crippen LogP) is 3.41. The van der Waals surface area contributed by atoms with E-state index in [1.165, 1.54) is 0 Å². The van der Waals surface area contributed by atoms with E-state index >= 15 is 0 Å². The second kappa shape index (κ2) is 6.20. The third-order valence-corrected chi connectivity index (χ3v) is 3.65. The highest BCUT2D eigenvalue weighted by Crippen LogP contribution is 2.24. The Morgan fingerprint density at radius 3 is 2.55 bits per heavy atom. The molecule has 0 aliphatic carbocycles. The second-order valence-corrected chi connectivity index (χ2v) is 5.23. The van der Waals surface area contributed by atoms with Gasteiger partial charge < -0.3 is 10.2 Å². The maximum atomic E-state index is 13.9. The van der Waals surface area contributed by atoms with Crippen LogP contribution < -0.4 is 5.32 Å². The minimum absolute atomic E-state index is 0.0794. The van der Waals surface area contributed by atoms with Crippen molar-refractivity contribution in [3.63, 3.8) is 0 Å². The summed E-state index contributed by atoms with van der Waals surface area (Å²) in [4.78, 5) is 13.9. The van der Waals surface area contributed by atoms with Crippen molar-refractivity contribution in [2.24, 2.45) is 0 Å². The van der Waals surface area contributed by atoms with Crippen molar-refractivity contribution in [1.82, 2.24) is 4.90 Å². The summed E-state index contributed by atoms with van der Waals surface area (Å²) >= 11 is 0. The molecule has 3 nitrogen and oxygen atoms in total. The summed E-state index contributed by atoms with van der Waals surface area (Å²) in [6.45, 7) is 5.01. The largest absolute Gasteiger partial charge is 0.380 e. The molecule has 1 atom stereocenters. The SMILES string of the molecule is CCCNc1c(F)cc(C(=O)N2CCCC2C)cc1F. The topological polar surface area (TPSA) is 32.3 Å². The summed E-state index contributed by atoms with van der Waals surface area (Å²) in [7, 11) is 0. The molecule has 20 heavy (non-hydrogen) atoms.